The summed E-state index contributed by atoms with van der Waals surface area (Å²) in [4.78, 5) is 2.60. The minimum absolute atomic E-state index is 0.122. The Hall–Kier alpha value is -0.870. The monoisotopic (exact) mass is 278 g/mol. The molecule has 0 amide bonds. The van der Waals surface area contributed by atoms with Gasteiger partial charge in [-0.3, -0.25) is 9.58 Å². The third-order valence-electron chi connectivity index (χ3n) is 4.10. The third-order valence-corrected chi connectivity index (χ3v) is 4.10. The highest BCUT2D eigenvalue weighted by atomic mass is 15.3. The molecule has 1 saturated heterocycles. The fourth-order valence-corrected chi connectivity index (χ4v) is 3.28. The zero-order valence-electron chi connectivity index (χ0n) is 13.7. The SMILES string of the molecule is CNCC1CCCN(Cc2cn(C)nc2C(C)(C)C)C1. The lowest BCUT2D eigenvalue weighted by atomic mass is 9.89. The van der Waals surface area contributed by atoms with Crippen molar-refractivity contribution < 1.29 is 0 Å². The van der Waals surface area contributed by atoms with Crippen molar-refractivity contribution in [2.75, 3.05) is 26.7 Å². The molecule has 0 bridgehead atoms. The molecule has 1 atom stereocenters. The van der Waals surface area contributed by atoms with Gasteiger partial charge in [0.1, 0.15) is 0 Å². The number of nitrogens with zero attached hydrogens (tertiary/aromatic N) is 3. The Morgan fingerprint density at radius 3 is 2.80 bits per heavy atom. The summed E-state index contributed by atoms with van der Waals surface area (Å²) in [7, 11) is 4.08. The molecule has 4 nitrogen and oxygen atoms in total. The summed E-state index contributed by atoms with van der Waals surface area (Å²) in [6.45, 7) is 11.4. The van der Waals surface area contributed by atoms with Gasteiger partial charge in [0.15, 0.2) is 0 Å². The average molecular weight is 278 g/mol. The molecule has 2 rings (SSSR count). The van der Waals surface area contributed by atoms with E-state index in [0.29, 0.717) is 0 Å². The van der Waals surface area contributed by atoms with Gasteiger partial charge in [-0.25, -0.2) is 0 Å². The molecule has 1 fully saturated rings. The molecule has 2 heterocycles. The normalized spacial score (nSPS) is 21.4. The van der Waals surface area contributed by atoms with Crippen LogP contribution in [0.5, 0.6) is 0 Å². The van der Waals surface area contributed by atoms with Crippen LogP contribution < -0.4 is 5.32 Å². The molecule has 1 aliphatic heterocycles. The molecule has 1 unspecified atom stereocenters. The fourth-order valence-electron chi connectivity index (χ4n) is 3.28. The summed E-state index contributed by atoms with van der Waals surface area (Å²) in [5, 5.41) is 8.00. The maximum atomic E-state index is 4.68. The van der Waals surface area contributed by atoms with Crippen LogP contribution in [-0.4, -0.2) is 41.4 Å². The van der Waals surface area contributed by atoms with Gasteiger partial charge in [0, 0.05) is 37.3 Å². The summed E-state index contributed by atoms with van der Waals surface area (Å²) in [6, 6.07) is 0. The van der Waals surface area contributed by atoms with E-state index in [1.54, 1.807) is 0 Å². The number of aryl methyl sites for hydroxylation is 1. The number of rotatable bonds is 4. The molecule has 1 aromatic rings. The lowest BCUT2D eigenvalue weighted by Crippen LogP contribution is -2.38. The molecule has 1 aliphatic rings. The second-order valence-corrected chi connectivity index (χ2v) is 7.23. The first-order valence-corrected chi connectivity index (χ1v) is 7.80. The summed E-state index contributed by atoms with van der Waals surface area (Å²) >= 11 is 0. The third kappa shape index (κ3) is 3.83. The number of hydrogen-bond donors (Lipinski definition) is 1. The standard InChI is InChI=1S/C16H30N4/c1-16(2,3)15-14(11-19(5)18-15)12-20-8-6-7-13(10-20)9-17-4/h11,13,17H,6-10,12H2,1-5H3. The smallest absolute Gasteiger partial charge is 0.0722 e. The Morgan fingerprint density at radius 2 is 2.15 bits per heavy atom. The molecule has 0 aliphatic carbocycles. The minimum Gasteiger partial charge on any atom is -0.319 e. The van der Waals surface area contributed by atoms with Gasteiger partial charge in [-0.1, -0.05) is 20.8 Å². The largest absolute Gasteiger partial charge is 0.319 e. The highest BCUT2D eigenvalue weighted by molar-refractivity contribution is 5.24. The Morgan fingerprint density at radius 1 is 1.40 bits per heavy atom. The van der Waals surface area contributed by atoms with Crippen molar-refractivity contribution in [3.05, 3.63) is 17.5 Å². The van der Waals surface area contributed by atoms with Crippen LogP contribution in [0.3, 0.4) is 0 Å². The minimum atomic E-state index is 0.122. The van der Waals surface area contributed by atoms with Gasteiger partial charge in [0.05, 0.1) is 5.69 Å². The average Bonchev–Trinajstić information content (AvgIpc) is 2.71. The van der Waals surface area contributed by atoms with Crippen molar-refractivity contribution >= 4 is 0 Å². The van der Waals surface area contributed by atoms with E-state index < -0.39 is 0 Å². The van der Waals surface area contributed by atoms with Crippen molar-refractivity contribution in [1.82, 2.24) is 20.0 Å². The molecule has 0 radical (unpaired) electrons. The van der Waals surface area contributed by atoms with E-state index in [-0.39, 0.29) is 5.41 Å². The van der Waals surface area contributed by atoms with E-state index in [1.165, 1.54) is 37.2 Å². The lowest BCUT2D eigenvalue weighted by Gasteiger charge is -2.33. The molecular formula is C16H30N4. The molecular weight excluding hydrogens is 248 g/mol. The van der Waals surface area contributed by atoms with E-state index in [9.17, 15) is 0 Å². The second kappa shape index (κ2) is 6.27. The van der Waals surface area contributed by atoms with Gasteiger partial charge < -0.3 is 5.32 Å². The fraction of sp³-hybridized carbons (Fsp3) is 0.812. The Bertz CT molecular complexity index is 428. The first-order valence-electron chi connectivity index (χ1n) is 7.80. The number of likely N-dealkylation sites (tertiary alicyclic amines) is 1. The highest BCUT2D eigenvalue weighted by Crippen LogP contribution is 2.26. The van der Waals surface area contributed by atoms with E-state index >= 15 is 0 Å². The van der Waals surface area contributed by atoms with E-state index in [2.05, 4.69) is 49.3 Å². The molecule has 4 heteroatoms. The molecule has 20 heavy (non-hydrogen) atoms. The van der Waals surface area contributed by atoms with Crippen molar-refractivity contribution in [2.24, 2.45) is 13.0 Å². The predicted molar refractivity (Wildman–Crippen MR) is 83.8 cm³/mol. The Kier molecular flexibility index (Phi) is 4.86. The van der Waals surface area contributed by atoms with Gasteiger partial charge in [-0.05, 0) is 38.9 Å². The van der Waals surface area contributed by atoms with Crippen LogP contribution in [-0.2, 0) is 19.0 Å². The van der Waals surface area contributed by atoms with Crippen LogP contribution in [0.1, 0.15) is 44.9 Å². The molecule has 1 aromatic heterocycles. The van der Waals surface area contributed by atoms with Gasteiger partial charge in [0.25, 0.3) is 0 Å². The van der Waals surface area contributed by atoms with Crippen LogP contribution in [0.15, 0.2) is 6.20 Å². The summed E-state index contributed by atoms with van der Waals surface area (Å²) < 4.78 is 1.96. The maximum absolute atomic E-state index is 4.68. The molecule has 0 saturated carbocycles. The van der Waals surface area contributed by atoms with Crippen LogP contribution >= 0.6 is 0 Å². The molecule has 0 spiro atoms. The summed E-state index contributed by atoms with van der Waals surface area (Å²) in [5.41, 5.74) is 2.76. The maximum Gasteiger partial charge on any atom is 0.0722 e. The predicted octanol–water partition coefficient (Wildman–Crippen LogP) is 2.15. The topological polar surface area (TPSA) is 33.1 Å². The van der Waals surface area contributed by atoms with Gasteiger partial charge in [0.2, 0.25) is 0 Å². The van der Waals surface area contributed by atoms with Crippen molar-refractivity contribution in [3.8, 4) is 0 Å². The molecule has 0 aromatic carbocycles. The van der Waals surface area contributed by atoms with E-state index in [0.717, 1.165) is 19.0 Å². The number of nitrogens with one attached hydrogen (secondary N) is 1. The van der Waals surface area contributed by atoms with E-state index in [4.69, 9.17) is 0 Å². The van der Waals surface area contributed by atoms with Crippen molar-refractivity contribution in [2.45, 2.75) is 45.6 Å². The van der Waals surface area contributed by atoms with Crippen LogP contribution in [0.4, 0.5) is 0 Å². The molecule has 1 N–H and O–H groups in total. The summed E-state index contributed by atoms with van der Waals surface area (Å²) in [6.07, 6.45) is 4.87. The first-order chi connectivity index (χ1) is 9.40. The van der Waals surface area contributed by atoms with Gasteiger partial charge >= 0.3 is 0 Å². The Balaban J connectivity index is 2.06. The first kappa shape index (κ1) is 15.5. The number of piperidine rings is 1. The quantitative estimate of drug-likeness (QED) is 0.916. The highest BCUT2D eigenvalue weighted by Gasteiger charge is 2.25. The van der Waals surface area contributed by atoms with Crippen molar-refractivity contribution in [3.63, 3.8) is 0 Å². The second-order valence-electron chi connectivity index (χ2n) is 7.23. The van der Waals surface area contributed by atoms with Gasteiger partial charge in [-0.15, -0.1) is 0 Å². The molecule has 114 valence electrons. The van der Waals surface area contributed by atoms with Gasteiger partial charge in [-0.2, -0.15) is 5.10 Å². The van der Waals surface area contributed by atoms with Crippen LogP contribution in [0.2, 0.25) is 0 Å². The zero-order valence-corrected chi connectivity index (χ0v) is 13.7. The zero-order chi connectivity index (χ0) is 14.8. The van der Waals surface area contributed by atoms with Crippen molar-refractivity contribution in [1.29, 1.82) is 0 Å². The van der Waals surface area contributed by atoms with E-state index in [1.807, 2.05) is 11.7 Å². The van der Waals surface area contributed by atoms with Crippen LogP contribution in [0.25, 0.3) is 0 Å². The Labute approximate surface area is 123 Å². The lowest BCUT2D eigenvalue weighted by molar-refractivity contribution is 0.166. The van der Waals surface area contributed by atoms with Crippen LogP contribution in [0, 0.1) is 5.92 Å². The number of hydrogen-bond acceptors (Lipinski definition) is 3. The summed E-state index contributed by atoms with van der Waals surface area (Å²) in [5.74, 6) is 0.795. The number of aromatic nitrogens is 2.